The molecule has 6 nitrogen and oxygen atoms in total. The van der Waals surface area contributed by atoms with Gasteiger partial charge in [-0.05, 0) is 35.4 Å². The zero-order chi connectivity index (χ0) is 25.5. The SMILES string of the molecule is CCS(=O)(=O)c1cc(-c2ccc(C(F)(F)F)cc2)ccc1C(=O)N(C)c1nnc(C(F)(F)F)s1. The van der Waals surface area contributed by atoms with E-state index in [9.17, 15) is 39.6 Å². The van der Waals surface area contributed by atoms with Crippen molar-refractivity contribution in [2.24, 2.45) is 0 Å². The maximum Gasteiger partial charge on any atom is 0.445 e. The summed E-state index contributed by atoms with van der Waals surface area (Å²) in [6.45, 7) is 1.33. The van der Waals surface area contributed by atoms with E-state index in [0.29, 0.717) is 0 Å². The highest BCUT2D eigenvalue weighted by Crippen LogP contribution is 2.35. The normalized spacial score (nSPS) is 12.6. The number of carbonyl (C=O) groups is 1. The van der Waals surface area contributed by atoms with Crippen molar-refractivity contribution in [2.45, 2.75) is 24.2 Å². The lowest BCUT2D eigenvalue weighted by atomic mass is 10.0. The van der Waals surface area contributed by atoms with Crippen LogP contribution < -0.4 is 4.90 Å². The van der Waals surface area contributed by atoms with Gasteiger partial charge in [0.1, 0.15) is 0 Å². The van der Waals surface area contributed by atoms with E-state index in [4.69, 9.17) is 0 Å². The Kier molecular flexibility index (Phi) is 6.77. The molecule has 0 fully saturated rings. The van der Waals surface area contributed by atoms with Crippen LogP contribution in [0, 0.1) is 0 Å². The summed E-state index contributed by atoms with van der Waals surface area (Å²) in [5.74, 6) is -1.35. The average molecular weight is 523 g/mol. The maximum atomic E-state index is 13.0. The molecular formula is C20H15F6N3O3S2. The number of hydrogen-bond acceptors (Lipinski definition) is 6. The number of halogens is 6. The topological polar surface area (TPSA) is 80.2 Å². The van der Waals surface area contributed by atoms with Crippen molar-refractivity contribution in [3.8, 4) is 11.1 Å². The summed E-state index contributed by atoms with van der Waals surface area (Å²) in [6, 6.07) is 7.62. The summed E-state index contributed by atoms with van der Waals surface area (Å²) < 4.78 is 102. The second kappa shape index (κ2) is 8.98. The number of anilines is 1. The highest BCUT2D eigenvalue weighted by Gasteiger charge is 2.37. The fourth-order valence-electron chi connectivity index (χ4n) is 2.88. The molecule has 0 saturated carbocycles. The minimum atomic E-state index is -4.76. The molecule has 1 aromatic heterocycles. The van der Waals surface area contributed by atoms with Gasteiger partial charge in [0.05, 0.1) is 21.8 Å². The Morgan fingerprint density at radius 2 is 1.53 bits per heavy atom. The minimum absolute atomic E-state index is 0.110. The van der Waals surface area contributed by atoms with Gasteiger partial charge >= 0.3 is 12.4 Å². The smallest absolute Gasteiger partial charge is 0.286 e. The molecule has 182 valence electrons. The number of benzene rings is 2. The fourth-order valence-corrected chi connectivity index (χ4v) is 4.66. The third-order valence-corrected chi connectivity index (χ3v) is 7.53. The van der Waals surface area contributed by atoms with Gasteiger partial charge in [0.15, 0.2) is 9.84 Å². The number of aromatic nitrogens is 2. The van der Waals surface area contributed by atoms with Gasteiger partial charge < -0.3 is 0 Å². The molecule has 0 bridgehead atoms. The number of nitrogens with zero attached hydrogens (tertiary/aromatic N) is 3. The number of rotatable bonds is 5. The molecule has 1 heterocycles. The Hall–Kier alpha value is -3.00. The molecule has 34 heavy (non-hydrogen) atoms. The lowest BCUT2D eigenvalue weighted by molar-refractivity contribution is -0.138. The van der Waals surface area contributed by atoms with Gasteiger partial charge in [-0.3, -0.25) is 9.69 Å². The van der Waals surface area contributed by atoms with Crippen LogP contribution in [0.5, 0.6) is 0 Å². The first kappa shape index (κ1) is 25.6. The van der Waals surface area contributed by atoms with E-state index in [2.05, 4.69) is 10.2 Å². The van der Waals surface area contributed by atoms with Crippen LogP contribution in [0.4, 0.5) is 31.5 Å². The monoisotopic (exact) mass is 523 g/mol. The van der Waals surface area contributed by atoms with Crippen molar-refractivity contribution >= 4 is 32.2 Å². The van der Waals surface area contributed by atoms with E-state index in [0.717, 1.165) is 48.3 Å². The van der Waals surface area contributed by atoms with Crippen molar-refractivity contribution in [1.29, 1.82) is 0 Å². The van der Waals surface area contributed by atoms with Crippen LogP contribution in [0.15, 0.2) is 47.4 Å². The molecule has 0 unspecified atom stereocenters. The van der Waals surface area contributed by atoms with Crippen molar-refractivity contribution in [1.82, 2.24) is 10.2 Å². The van der Waals surface area contributed by atoms with Crippen molar-refractivity contribution in [2.75, 3.05) is 17.7 Å². The largest absolute Gasteiger partial charge is 0.445 e. The van der Waals surface area contributed by atoms with E-state index >= 15 is 0 Å². The summed E-state index contributed by atoms with van der Waals surface area (Å²) in [4.78, 5) is 13.3. The second-order valence-corrected chi connectivity index (χ2v) is 10.1. The molecule has 3 rings (SSSR count). The van der Waals surface area contributed by atoms with Crippen LogP contribution in [-0.2, 0) is 22.2 Å². The number of sulfone groups is 1. The molecule has 0 aliphatic carbocycles. The molecule has 0 saturated heterocycles. The standard InChI is InChI=1S/C20H15F6N3O3S2/c1-3-34(31,32)15-10-12(11-4-7-13(8-5-11)19(21,22)23)6-9-14(15)16(30)29(2)18-28-27-17(33-18)20(24,25)26/h4-10H,3H2,1-2H3. The van der Waals surface area contributed by atoms with Crippen LogP contribution in [0.3, 0.4) is 0 Å². The molecule has 0 aliphatic rings. The van der Waals surface area contributed by atoms with Gasteiger partial charge in [-0.1, -0.05) is 36.5 Å². The molecule has 0 N–H and O–H groups in total. The van der Waals surface area contributed by atoms with Crippen molar-refractivity contribution < 1.29 is 39.6 Å². The molecule has 14 heteroatoms. The highest BCUT2D eigenvalue weighted by molar-refractivity contribution is 7.91. The fraction of sp³-hybridized carbons (Fsp3) is 0.250. The predicted octanol–water partition coefficient (Wildman–Crippen LogP) is 5.31. The van der Waals surface area contributed by atoms with Crippen molar-refractivity contribution in [3.05, 3.63) is 58.6 Å². The zero-order valence-corrected chi connectivity index (χ0v) is 19.0. The summed E-state index contributed by atoms with van der Waals surface area (Å²) in [7, 11) is -2.89. The third kappa shape index (κ3) is 5.22. The molecule has 2 aromatic carbocycles. The van der Waals surface area contributed by atoms with Crippen LogP contribution in [0.1, 0.15) is 27.9 Å². The highest BCUT2D eigenvalue weighted by atomic mass is 32.2. The van der Waals surface area contributed by atoms with E-state index < -0.39 is 54.4 Å². The minimum Gasteiger partial charge on any atom is -0.286 e. The average Bonchev–Trinajstić information content (AvgIpc) is 3.28. The second-order valence-electron chi connectivity index (χ2n) is 6.94. The van der Waals surface area contributed by atoms with Gasteiger partial charge in [0, 0.05) is 7.05 Å². The summed E-state index contributed by atoms with van der Waals surface area (Å²) in [5.41, 5.74) is -0.716. The Bertz CT molecular complexity index is 1320. The Balaban J connectivity index is 2.04. The van der Waals surface area contributed by atoms with Gasteiger partial charge in [0.25, 0.3) is 5.91 Å². The van der Waals surface area contributed by atoms with E-state index in [1.165, 1.54) is 13.0 Å². The zero-order valence-electron chi connectivity index (χ0n) is 17.4. The first-order valence-electron chi connectivity index (χ1n) is 9.38. The van der Waals surface area contributed by atoms with Gasteiger partial charge in [-0.15, -0.1) is 10.2 Å². The van der Waals surface area contributed by atoms with Gasteiger partial charge in [-0.2, -0.15) is 26.3 Å². The number of carbonyl (C=O) groups excluding carboxylic acids is 1. The number of hydrogen-bond donors (Lipinski definition) is 0. The molecular weight excluding hydrogens is 508 g/mol. The Morgan fingerprint density at radius 1 is 0.941 bits per heavy atom. The van der Waals surface area contributed by atoms with E-state index in [1.54, 1.807) is 0 Å². The Morgan fingerprint density at radius 3 is 2.03 bits per heavy atom. The van der Waals surface area contributed by atoms with Gasteiger partial charge in [-0.25, -0.2) is 8.42 Å². The van der Waals surface area contributed by atoms with Gasteiger partial charge in [0.2, 0.25) is 10.1 Å². The number of alkyl halides is 6. The van der Waals surface area contributed by atoms with Crippen LogP contribution in [-0.4, -0.2) is 37.3 Å². The molecule has 0 aliphatic heterocycles. The van der Waals surface area contributed by atoms with Crippen molar-refractivity contribution in [3.63, 3.8) is 0 Å². The molecule has 0 atom stereocenters. The number of amides is 1. The van der Waals surface area contributed by atoms with E-state index in [-0.39, 0.29) is 28.0 Å². The Labute approximate surface area is 193 Å². The lowest BCUT2D eigenvalue weighted by Gasteiger charge is -2.17. The van der Waals surface area contributed by atoms with E-state index in [1.807, 2.05) is 0 Å². The quantitative estimate of drug-likeness (QED) is 0.424. The summed E-state index contributed by atoms with van der Waals surface area (Å²) in [6.07, 6.45) is -9.31. The first-order valence-corrected chi connectivity index (χ1v) is 11.8. The third-order valence-electron chi connectivity index (χ3n) is 4.72. The molecule has 1 amide bonds. The van der Waals surface area contributed by atoms with Crippen LogP contribution in [0.2, 0.25) is 0 Å². The molecule has 0 spiro atoms. The molecule has 0 radical (unpaired) electrons. The maximum absolute atomic E-state index is 13.0. The lowest BCUT2D eigenvalue weighted by Crippen LogP contribution is -2.28. The predicted molar refractivity (Wildman–Crippen MR) is 112 cm³/mol. The summed E-state index contributed by atoms with van der Waals surface area (Å²) in [5, 5.41) is 4.67. The van der Waals surface area contributed by atoms with Crippen LogP contribution in [0.25, 0.3) is 11.1 Å². The summed E-state index contributed by atoms with van der Waals surface area (Å²) >= 11 is 0.110. The van der Waals surface area contributed by atoms with Crippen LogP contribution >= 0.6 is 11.3 Å². The first-order chi connectivity index (χ1) is 15.6. The molecule has 3 aromatic rings.